The Hall–Kier alpha value is -2.07. The van der Waals surface area contributed by atoms with Crippen molar-refractivity contribution in [3.63, 3.8) is 0 Å². The quantitative estimate of drug-likeness (QED) is 0.797. The van der Waals surface area contributed by atoms with Gasteiger partial charge in [0.25, 0.3) is 0 Å². The summed E-state index contributed by atoms with van der Waals surface area (Å²) in [4.78, 5) is 2.66. The van der Waals surface area contributed by atoms with E-state index >= 15 is 0 Å². The van der Waals surface area contributed by atoms with Gasteiger partial charge in [-0.2, -0.15) is 0 Å². The first-order valence-corrected chi connectivity index (χ1v) is 7.44. The average Bonchev–Trinajstić information content (AvgIpc) is 2.53. The lowest BCUT2D eigenvalue weighted by Gasteiger charge is -2.23. The van der Waals surface area contributed by atoms with Gasteiger partial charge in [0.05, 0.1) is 6.54 Å². The fourth-order valence-corrected chi connectivity index (χ4v) is 2.25. The Morgan fingerprint density at radius 3 is 2.57 bits per heavy atom. The number of rotatable bonds is 7. The first-order valence-electron chi connectivity index (χ1n) is 7.03. The molecule has 2 aromatic rings. The maximum absolute atomic E-state index is 5.79. The van der Waals surface area contributed by atoms with Crippen molar-refractivity contribution in [2.24, 2.45) is 5.73 Å². The van der Waals surface area contributed by atoms with Crippen LogP contribution in [0, 0.1) is 0 Å². The van der Waals surface area contributed by atoms with E-state index in [0.717, 1.165) is 24.4 Å². The molecule has 2 N–H and O–H groups in total. The van der Waals surface area contributed by atoms with E-state index < -0.39 is 0 Å². The summed E-state index contributed by atoms with van der Waals surface area (Å²) in [6.07, 6.45) is 0. The summed E-state index contributed by atoms with van der Waals surface area (Å²) >= 11 is 4.97. The topological polar surface area (TPSA) is 38.5 Å². The van der Waals surface area contributed by atoms with Crippen molar-refractivity contribution in [2.75, 3.05) is 24.6 Å². The number of benzene rings is 2. The van der Waals surface area contributed by atoms with Crippen LogP contribution in [0.2, 0.25) is 0 Å². The van der Waals surface area contributed by atoms with Crippen molar-refractivity contribution in [1.82, 2.24) is 0 Å². The second-order valence-corrected chi connectivity index (χ2v) is 5.10. The normalized spacial score (nSPS) is 10.1. The van der Waals surface area contributed by atoms with E-state index in [0.29, 0.717) is 11.6 Å². The first-order chi connectivity index (χ1) is 10.2. The molecule has 0 saturated heterocycles. The van der Waals surface area contributed by atoms with Crippen molar-refractivity contribution in [3.05, 3.63) is 60.2 Å². The maximum atomic E-state index is 5.79. The Kier molecular flexibility index (Phi) is 5.58. The summed E-state index contributed by atoms with van der Waals surface area (Å²) < 4.78 is 5.79. The van der Waals surface area contributed by atoms with E-state index in [1.54, 1.807) is 0 Å². The summed E-state index contributed by atoms with van der Waals surface area (Å²) in [5, 5.41) is 0. The summed E-state index contributed by atoms with van der Waals surface area (Å²) in [6, 6.07) is 17.9. The summed E-state index contributed by atoms with van der Waals surface area (Å²) in [6.45, 7) is 4.53. The van der Waals surface area contributed by atoms with Crippen molar-refractivity contribution in [2.45, 2.75) is 6.92 Å². The van der Waals surface area contributed by atoms with Crippen molar-refractivity contribution < 1.29 is 4.74 Å². The molecular formula is C17H20N2OS. The summed E-state index contributed by atoms with van der Waals surface area (Å²) in [5.41, 5.74) is 7.66. The Balaban J connectivity index is 1.91. The van der Waals surface area contributed by atoms with Gasteiger partial charge in [-0.05, 0) is 31.2 Å². The number of nitrogens with two attached hydrogens (primary N) is 1. The third-order valence-electron chi connectivity index (χ3n) is 3.25. The molecule has 2 aromatic carbocycles. The van der Waals surface area contributed by atoms with Crippen LogP contribution >= 0.6 is 12.2 Å². The Morgan fingerprint density at radius 1 is 1.14 bits per heavy atom. The van der Waals surface area contributed by atoms with Crippen LogP contribution in [0.3, 0.4) is 0 Å². The van der Waals surface area contributed by atoms with E-state index in [1.807, 2.05) is 42.5 Å². The third kappa shape index (κ3) is 4.46. The molecule has 0 aliphatic carbocycles. The number of thiocarbonyl (C=S) groups is 1. The zero-order chi connectivity index (χ0) is 15.1. The molecule has 0 bridgehead atoms. The van der Waals surface area contributed by atoms with Crippen molar-refractivity contribution in [3.8, 4) is 5.75 Å². The van der Waals surface area contributed by atoms with Crippen LogP contribution in [0.15, 0.2) is 54.6 Å². The van der Waals surface area contributed by atoms with Crippen LogP contribution < -0.4 is 15.4 Å². The van der Waals surface area contributed by atoms with Crippen molar-refractivity contribution in [1.29, 1.82) is 0 Å². The third-order valence-corrected chi connectivity index (χ3v) is 3.49. The van der Waals surface area contributed by atoms with E-state index in [4.69, 9.17) is 22.7 Å². The first kappa shape index (κ1) is 15.3. The highest BCUT2D eigenvalue weighted by Gasteiger charge is 2.04. The highest BCUT2D eigenvalue weighted by atomic mass is 32.1. The zero-order valence-corrected chi connectivity index (χ0v) is 13.0. The summed E-state index contributed by atoms with van der Waals surface area (Å²) in [5.74, 6) is 0.796. The molecule has 0 aliphatic rings. The molecule has 0 aromatic heterocycles. The largest absolute Gasteiger partial charge is 0.492 e. The fourth-order valence-electron chi connectivity index (χ4n) is 2.12. The molecule has 0 saturated carbocycles. The second kappa shape index (κ2) is 7.64. The van der Waals surface area contributed by atoms with Crippen LogP contribution in [0.1, 0.15) is 12.5 Å². The number of likely N-dealkylation sites (N-methyl/N-ethyl adjacent to an activating group) is 1. The predicted octanol–water partition coefficient (Wildman–Crippen LogP) is 3.23. The second-order valence-electron chi connectivity index (χ2n) is 4.66. The molecule has 3 nitrogen and oxygen atoms in total. The van der Waals surface area contributed by atoms with Crippen LogP contribution in [-0.4, -0.2) is 24.7 Å². The standard InChI is InChI=1S/C17H20N2OS/c1-2-19(15-8-4-3-5-9-15)11-12-20-16-10-6-7-14(13-16)17(18)21/h3-10,13H,2,11-12H2,1H3,(H2,18,21). The zero-order valence-electron chi connectivity index (χ0n) is 12.2. The van der Waals surface area contributed by atoms with Crippen LogP contribution in [-0.2, 0) is 0 Å². The van der Waals surface area contributed by atoms with Gasteiger partial charge in [-0.15, -0.1) is 0 Å². The number of ether oxygens (including phenoxy) is 1. The minimum absolute atomic E-state index is 0.389. The molecule has 21 heavy (non-hydrogen) atoms. The Morgan fingerprint density at radius 2 is 1.90 bits per heavy atom. The number of nitrogens with zero attached hydrogens (tertiary/aromatic N) is 1. The number of hydrogen-bond acceptors (Lipinski definition) is 3. The van der Waals surface area contributed by atoms with Crippen LogP contribution in [0.5, 0.6) is 5.75 Å². The molecule has 0 radical (unpaired) electrons. The lowest BCUT2D eigenvalue weighted by Crippen LogP contribution is -2.27. The fraction of sp³-hybridized carbons (Fsp3) is 0.235. The van der Waals surface area contributed by atoms with E-state index in [2.05, 4.69) is 24.0 Å². The number of hydrogen-bond donors (Lipinski definition) is 1. The number of anilines is 1. The molecule has 110 valence electrons. The molecule has 0 fully saturated rings. The highest BCUT2D eigenvalue weighted by Crippen LogP contribution is 2.15. The smallest absolute Gasteiger partial charge is 0.120 e. The predicted molar refractivity (Wildman–Crippen MR) is 92.2 cm³/mol. The van der Waals surface area contributed by atoms with Crippen molar-refractivity contribution >= 4 is 22.9 Å². The van der Waals surface area contributed by atoms with Gasteiger partial charge in [-0.3, -0.25) is 0 Å². The van der Waals surface area contributed by atoms with E-state index in [9.17, 15) is 0 Å². The molecule has 0 spiro atoms. The Labute approximate surface area is 131 Å². The molecular weight excluding hydrogens is 280 g/mol. The van der Waals surface area contributed by atoms with E-state index in [-0.39, 0.29) is 0 Å². The van der Waals surface area contributed by atoms with Crippen LogP contribution in [0.25, 0.3) is 0 Å². The minimum Gasteiger partial charge on any atom is -0.492 e. The molecule has 0 atom stereocenters. The maximum Gasteiger partial charge on any atom is 0.120 e. The average molecular weight is 300 g/mol. The van der Waals surface area contributed by atoms with Gasteiger partial charge >= 0.3 is 0 Å². The lowest BCUT2D eigenvalue weighted by atomic mass is 10.2. The van der Waals surface area contributed by atoms with Gasteiger partial charge in [0.1, 0.15) is 17.3 Å². The Bertz CT molecular complexity index is 586. The number of para-hydroxylation sites is 1. The molecule has 2 rings (SSSR count). The van der Waals surface area contributed by atoms with E-state index in [1.165, 1.54) is 5.69 Å². The van der Waals surface area contributed by atoms with Gasteiger partial charge in [0.15, 0.2) is 0 Å². The highest BCUT2D eigenvalue weighted by molar-refractivity contribution is 7.80. The van der Waals surface area contributed by atoms with Gasteiger partial charge in [0.2, 0.25) is 0 Å². The van der Waals surface area contributed by atoms with Gasteiger partial charge < -0.3 is 15.4 Å². The molecule has 0 unspecified atom stereocenters. The van der Waals surface area contributed by atoms with Gasteiger partial charge in [0, 0.05) is 17.8 Å². The SMILES string of the molecule is CCN(CCOc1cccc(C(N)=S)c1)c1ccccc1. The van der Waals surface area contributed by atoms with Gasteiger partial charge in [-0.25, -0.2) is 0 Å². The van der Waals surface area contributed by atoms with Gasteiger partial charge in [-0.1, -0.05) is 42.5 Å². The lowest BCUT2D eigenvalue weighted by molar-refractivity contribution is 0.324. The summed E-state index contributed by atoms with van der Waals surface area (Å²) in [7, 11) is 0. The molecule has 4 heteroatoms. The molecule has 0 aliphatic heterocycles. The molecule has 0 amide bonds. The molecule has 0 heterocycles. The minimum atomic E-state index is 0.389. The monoisotopic (exact) mass is 300 g/mol. The van der Waals surface area contributed by atoms with Crippen LogP contribution in [0.4, 0.5) is 5.69 Å².